The second-order valence-electron chi connectivity index (χ2n) is 6.17. The molecule has 0 aliphatic heterocycles. The topological polar surface area (TPSA) is 81.9 Å². The lowest BCUT2D eigenvalue weighted by atomic mass is 10.1. The van der Waals surface area contributed by atoms with Crippen LogP contribution in [0.3, 0.4) is 0 Å². The third-order valence-electron chi connectivity index (χ3n) is 3.09. The van der Waals surface area contributed by atoms with Crippen molar-refractivity contribution in [1.82, 2.24) is 20.2 Å². The first-order valence-electron chi connectivity index (χ1n) is 7.48. The van der Waals surface area contributed by atoms with Gasteiger partial charge in [-0.3, -0.25) is 4.79 Å². The van der Waals surface area contributed by atoms with Gasteiger partial charge in [-0.2, -0.15) is 8.78 Å². The van der Waals surface area contributed by atoms with Crippen molar-refractivity contribution in [3.63, 3.8) is 0 Å². The van der Waals surface area contributed by atoms with Crippen molar-refractivity contribution in [2.45, 2.75) is 50.3 Å². The Balaban J connectivity index is 2.08. The molecule has 0 saturated carbocycles. The van der Waals surface area contributed by atoms with Gasteiger partial charge in [-0.1, -0.05) is 23.9 Å². The molecule has 0 spiro atoms. The molecule has 2 rings (SSSR count). The zero-order valence-electron chi connectivity index (χ0n) is 14.2. The van der Waals surface area contributed by atoms with E-state index >= 15 is 0 Å². The molecule has 0 saturated heterocycles. The lowest BCUT2D eigenvalue weighted by molar-refractivity contribution is -0.115. The van der Waals surface area contributed by atoms with Crippen LogP contribution in [0, 0.1) is 0 Å². The van der Waals surface area contributed by atoms with Crippen LogP contribution in [0.2, 0.25) is 0 Å². The fraction of sp³-hybridized carbons (Fsp3) is 0.467. The van der Waals surface area contributed by atoms with E-state index in [1.165, 1.54) is 23.9 Å². The minimum absolute atomic E-state index is 0.0948. The SMILES string of the molecule is C[C@H](Sc1nnnn1C(C)(C)C)C(=O)Nc1ccccc1OC(F)F. The van der Waals surface area contributed by atoms with E-state index in [9.17, 15) is 13.6 Å². The summed E-state index contributed by atoms with van der Waals surface area (Å²) in [5.74, 6) is -0.471. The summed E-state index contributed by atoms with van der Waals surface area (Å²) in [6, 6.07) is 6.01. The van der Waals surface area contributed by atoms with Crippen LogP contribution >= 0.6 is 11.8 Å². The van der Waals surface area contributed by atoms with Crippen molar-refractivity contribution >= 4 is 23.4 Å². The number of rotatable bonds is 6. The number of hydrogen-bond donors (Lipinski definition) is 1. The van der Waals surface area contributed by atoms with E-state index in [1.807, 2.05) is 20.8 Å². The predicted molar refractivity (Wildman–Crippen MR) is 89.8 cm³/mol. The molecule has 1 heterocycles. The summed E-state index contributed by atoms with van der Waals surface area (Å²) >= 11 is 1.18. The highest BCUT2D eigenvalue weighted by molar-refractivity contribution is 8.00. The Kier molecular flexibility index (Phi) is 5.93. The zero-order chi connectivity index (χ0) is 18.6. The fourth-order valence-electron chi connectivity index (χ4n) is 1.89. The van der Waals surface area contributed by atoms with E-state index in [0.29, 0.717) is 5.16 Å². The van der Waals surface area contributed by atoms with Gasteiger partial charge in [0.05, 0.1) is 16.5 Å². The molecule has 10 heteroatoms. The summed E-state index contributed by atoms with van der Waals surface area (Å²) in [5.41, 5.74) is -0.157. The summed E-state index contributed by atoms with van der Waals surface area (Å²) in [6.45, 7) is 4.53. The van der Waals surface area contributed by atoms with Gasteiger partial charge in [-0.25, -0.2) is 4.68 Å². The Bertz CT molecular complexity index is 733. The number of thioether (sulfide) groups is 1. The summed E-state index contributed by atoms with van der Waals surface area (Å²) in [6.07, 6.45) is 0. The standard InChI is InChI=1S/C15H19F2N5O2S/c1-9(25-14-19-20-21-22(14)15(2,3)4)12(23)18-10-7-5-6-8-11(10)24-13(16)17/h5-9,13H,1-4H3,(H,18,23)/t9-/m0/s1. The number of para-hydroxylation sites is 2. The Morgan fingerprint density at radius 2 is 2.00 bits per heavy atom. The number of carbonyl (C=O) groups is 1. The van der Waals surface area contributed by atoms with Crippen LogP contribution in [0.1, 0.15) is 27.7 Å². The molecule has 7 nitrogen and oxygen atoms in total. The highest BCUT2D eigenvalue weighted by atomic mass is 32.2. The molecule has 25 heavy (non-hydrogen) atoms. The first-order valence-corrected chi connectivity index (χ1v) is 8.36. The van der Waals surface area contributed by atoms with Gasteiger partial charge in [-0.15, -0.1) is 5.10 Å². The maximum atomic E-state index is 12.4. The number of alkyl halides is 2. The van der Waals surface area contributed by atoms with Gasteiger partial charge in [0.2, 0.25) is 11.1 Å². The van der Waals surface area contributed by atoms with E-state index in [4.69, 9.17) is 0 Å². The first-order chi connectivity index (χ1) is 11.7. The molecule has 0 fully saturated rings. The van der Waals surface area contributed by atoms with Crippen LogP contribution in [0.5, 0.6) is 5.75 Å². The number of nitrogens with zero attached hydrogens (tertiary/aromatic N) is 4. The number of tetrazole rings is 1. The van der Waals surface area contributed by atoms with Crippen LogP contribution < -0.4 is 10.1 Å². The molecule has 0 bridgehead atoms. The number of hydrogen-bond acceptors (Lipinski definition) is 6. The van der Waals surface area contributed by atoms with Gasteiger partial charge in [0.15, 0.2) is 0 Å². The average Bonchev–Trinajstić information content (AvgIpc) is 2.97. The number of amides is 1. The predicted octanol–water partition coefficient (Wildman–Crippen LogP) is 3.15. The molecule has 0 unspecified atom stereocenters. The molecule has 0 aliphatic rings. The highest BCUT2D eigenvalue weighted by Gasteiger charge is 2.24. The third-order valence-corrected chi connectivity index (χ3v) is 4.12. The van der Waals surface area contributed by atoms with E-state index in [1.54, 1.807) is 23.7 Å². The maximum absolute atomic E-state index is 12.4. The van der Waals surface area contributed by atoms with Gasteiger partial charge in [-0.05, 0) is 50.3 Å². The second-order valence-corrected chi connectivity index (χ2v) is 7.48. The van der Waals surface area contributed by atoms with Crippen molar-refractivity contribution in [2.75, 3.05) is 5.32 Å². The van der Waals surface area contributed by atoms with Crippen LogP contribution in [0.25, 0.3) is 0 Å². The van der Waals surface area contributed by atoms with Gasteiger partial charge in [0.25, 0.3) is 0 Å². The van der Waals surface area contributed by atoms with Crippen molar-refractivity contribution in [3.05, 3.63) is 24.3 Å². The Morgan fingerprint density at radius 1 is 1.32 bits per heavy atom. The summed E-state index contributed by atoms with van der Waals surface area (Å²) in [5, 5.41) is 14.0. The van der Waals surface area contributed by atoms with E-state index in [2.05, 4.69) is 25.6 Å². The molecule has 0 aliphatic carbocycles. The van der Waals surface area contributed by atoms with Crippen molar-refractivity contribution in [1.29, 1.82) is 0 Å². The van der Waals surface area contributed by atoms with Gasteiger partial charge in [0, 0.05) is 0 Å². The molecule has 1 atom stereocenters. The van der Waals surface area contributed by atoms with Crippen LogP contribution in [-0.4, -0.2) is 38.0 Å². The minimum atomic E-state index is -2.97. The van der Waals surface area contributed by atoms with Gasteiger partial charge >= 0.3 is 6.61 Å². The van der Waals surface area contributed by atoms with E-state index in [0.717, 1.165) is 0 Å². The lowest BCUT2D eigenvalue weighted by Crippen LogP contribution is -2.27. The lowest BCUT2D eigenvalue weighted by Gasteiger charge is -2.20. The zero-order valence-corrected chi connectivity index (χ0v) is 15.1. The monoisotopic (exact) mass is 371 g/mol. The molecule has 0 radical (unpaired) electrons. The quantitative estimate of drug-likeness (QED) is 0.786. The summed E-state index contributed by atoms with van der Waals surface area (Å²) in [4.78, 5) is 12.4. The summed E-state index contributed by atoms with van der Waals surface area (Å²) < 4.78 is 30.9. The van der Waals surface area contributed by atoms with Gasteiger partial charge in [0.1, 0.15) is 5.75 Å². The number of halogens is 2. The molecular formula is C15H19F2N5O2S. The van der Waals surface area contributed by atoms with Crippen molar-refractivity contribution in [3.8, 4) is 5.75 Å². The average molecular weight is 371 g/mol. The van der Waals surface area contributed by atoms with E-state index < -0.39 is 11.9 Å². The molecule has 2 aromatic rings. The highest BCUT2D eigenvalue weighted by Crippen LogP contribution is 2.28. The number of anilines is 1. The van der Waals surface area contributed by atoms with Crippen molar-refractivity contribution in [2.24, 2.45) is 0 Å². The minimum Gasteiger partial charge on any atom is -0.433 e. The molecular weight excluding hydrogens is 352 g/mol. The smallest absolute Gasteiger partial charge is 0.387 e. The van der Waals surface area contributed by atoms with Crippen LogP contribution in [-0.2, 0) is 10.3 Å². The largest absolute Gasteiger partial charge is 0.433 e. The second kappa shape index (κ2) is 7.77. The Labute approximate surface area is 148 Å². The van der Waals surface area contributed by atoms with Crippen LogP contribution in [0.4, 0.5) is 14.5 Å². The molecule has 1 N–H and O–H groups in total. The molecule has 1 aromatic carbocycles. The molecule has 1 amide bonds. The first kappa shape index (κ1) is 19.1. The Morgan fingerprint density at radius 3 is 2.64 bits per heavy atom. The fourth-order valence-corrected chi connectivity index (χ4v) is 2.86. The summed E-state index contributed by atoms with van der Waals surface area (Å²) in [7, 11) is 0. The number of carbonyl (C=O) groups excluding carboxylic acids is 1. The Hall–Kier alpha value is -2.23. The number of ether oxygens (including phenoxy) is 1. The van der Waals surface area contributed by atoms with Crippen molar-refractivity contribution < 1.29 is 18.3 Å². The maximum Gasteiger partial charge on any atom is 0.387 e. The van der Waals surface area contributed by atoms with Crippen LogP contribution in [0.15, 0.2) is 29.4 Å². The third kappa shape index (κ3) is 5.12. The number of aromatic nitrogens is 4. The molecule has 136 valence electrons. The number of benzene rings is 1. The van der Waals surface area contributed by atoms with E-state index in [-0.39, 0.29) is 22.9 Å². The van der Waals surface area contributed by atoms with Gasteiger partial charge < -0.3 is 10.1 Å². The molecule has 1 aromatic heterocycles. The normalized spacial score (nSPS) is 12.9. The number of nitrogens with one attached hydrogen (secondary N) is 1.